The topological polar surface area (TPSA) is 0 Å². The van der Waals surface area contributed by atoms with Gasteiger partial charge in [-0.2, -0.15) is 0 Å². The van der Waals surface area contributed by atoms with Crippen molar-refractivity contribution in [1.29, 1.82) is 0 Å². The van der Waals surface area contributed by atoms with Crippen molar-refractivity contribution in [3.05, 3.63) is 143 Å². The van der Waals surface area contributed by atoms with Crippen molar-refractivity contribution in [2.45, 2.75) is 12.8 Å². The molecule has 0 heteroatoms. The van der Waals surface area contributed by atoms with Crippen molar-refractivity contribution in [2.24, 2.45) is 0 Å². The minimum atomic E-state index is 1.00. The molecule has 0 amide bonds. The van der Waals surface area contributed by atoms with E-state index in [1.54, 1.807) is 0 Å². The summed E-state index contributed by atoms with van der Waals surface area (Å²) in [5.41, 5.74) is 6.20. The quantitative estimate of drug-likeness (QED) is 0.210. The molecule has 0 aromatic heterocycles. The predicted molar refractivity (Wildman–Crippen MR) is 174 cm³/mol. The Morgan fingerprint density at radius 2 is 1.30 bits per heavy atom. The Labute approximate surface area is 233 Å². The summed E-state index contributed by atoms with van der Waals surface area (Å²) in [7, 11) is 0. The monoisotopic (exact) mass is 508 g/mol. The summed E-state index contributed by atoms with van der Waals surface area (Å²) in [5.74, 6) is 0. The van der Waals surface area contributed by atoms with E-state index in [0.717, 1.165) is 23.6 Å². The number of rotatable bonds is 3. The van der Waals surface area contributed by atoms with E-state index in [0.29, 0.717) is 0 Å². The number of allylic oxidation sites excluding steroid dienone is 1. The SMILES string of the molecule is C=C(C1=c2ccccc2=CCC1)c1ccc2ccc(-c3c4ccccc4cc4ccccc34)c3ccc(=C)c1c23. The molecule has 0 heterocycles. The normalized spacial score (nSPS) is 13.2. The van der Waals surface area contributed by atoms with E-state index in [9.17, 15) is 0 Å². The van der Waals surface area contributed by atoms with E-state index in [1.807, 2.05) is 0 Å². The molecule has 0 fully saturated rings. The number of benzene rings is 7. The van der Waals surface area contributed by atoms with Gasteiger partial charge in [0.25, 0.3) is 0 Å². The molecule has 7 aromatic carbocycles. The van der Waals surface area contributed by atoms with E-state index in [-0.39, 0.29) is 0 Å². The molecule has 0 spiro atoms. The maximum absolute atomic E-state index is 4.70. The third-order valence-electron chi connectivity index (χ3n) is 8.77. The van der Waals surface area contributed by atoms with E-state index in [1.165, 1.54) is 75.8 Å². The second kappa shape index (κ2) is 8.79. The van der Waals surface area contributed by atoms with Crippen molar-refractivity contribution < 1.29 is 0 Å². The molecule has 1 aliphatic rings. The minimum absolute atomic E-state index is 1.00. The molecular weight excluding hydrogens is 480 g/mol. The van der Waals surface area contributed by atoms with Gasteiger partial charge in [0.2, 0.25) is 0 Å². The third-order valence-corrected chi connectivity index (χ3v) is 8.77. The molecule has 0 N–H and O–H groups in total. The van der Waals surface area contributed by atoms with Crippen molar-refractivity contribution in [3.8, 4) is 11.1 Å². The van der Waals surface area contributed by atoms with Gasteiger partial charge in [-0.15, -0.1) is 0 Å². The highest BCUT2D eigenvalue weighted by Gasteiger charge is 2.18. The van der Waals surface area contributed by atoms with Crippen LogP contribution in [0, 0.1) is 0 Å². The Morgan fingerprint density at radius 1 is 0.600 bits per heavy atom. The molecule has 0 atom stereocenters. The summed E-state index contributed by atoms with van der Waals surface area (Å²) < 4.78 is 0. The number of hydrogen-bond donors (Lipinski definition) is 0. The lowest BCUT2D eigenvalue weighted by Crippen LogP contribution is -2.29. The van der Waals surface area contributed by atoms with E-state index in [2.05, 4.69) is 128 Å². The molecule has 40 heavy (non-hydrogen) atoms. The molecule has 0 nitrogen and oxygen atoms in total. The first kappa shape index (κ1) is 23.0. The summed E-state index contributed by atoms with van der Waals surface area (Å²) in [6, 6.07) is 42.1. The van der Waals surface area contributed by atoms with Crippen LogP contribution < -0.4 is 15.7 Å². The lowest BCUT2D eigenvalue weighted by Gasteiger charge is -2.20. The molecule has 1 aliphatic carbocycles. The van der Waals surface area contributed by atoms with Gasteiger partial charge in [-0.1, -0.05) is 128 Å². The molecule has 0 unspecified atom stereocenters. The minimum Gasteiger partial charge on any atom is -0.0911 e. The Bertz CT molecular complexity index is 2300. The van der Waals surface area contributed by atoms with Crippen LogP contribution in [-0.4, -0.2) is 0 Å². The average molecular weight is 509 g/mol. The maximum Gasteiger partial charge on any atom is -0.00206 e. The molecule has 0 radical (unpaired) electrons. The van der Waals surface area contributed by atoms with Gasteiger partial charge in [0.15, 0.2) is 0 Å². The summed E-state index contributed by atoms with van der Waals surface area (Å²) in [5, 5.41) is 13.7. The molecule has 8 rings (SSSR count). The Morgan fingerprint density at radius 3 is 2.10 bits per heavy atom. The van der Waals surface area contributed by atoms with Gasteiger partial charge in [0.1, 0.15) is 0 Å². The first-order valence-corrected chi connectivity index (χ1v) is 14.0. The Hall–Kier alpha value is -4.94. The fourth-order valence-electron chi connectivity index (χ4n) is 6.93. The van der Waals surface area contributed by atoms with Gasteiger partial charge in [-0.25, -0.2) is 0 Å². The van der Waals surface area contributed by atoms with Gasteiger partial charge in [0, 0.05) is 0 Å². The molecule has 0 bridgehead atoms. The van der Waals surface area contributed by atoms with Crippen LogP contribution in [0.15, 0.2) is 122 Å². The van der Waals surface area contributed by atoms with Crippen LogP contribution in [0.3, 0.4) is 0 Å². The third kappa shape index (κ3) is 3.33. The molecule has 0 saturated carbocycles. The van der Waals surface area contributed by atoms with Crippen LogP contribution in [-0.2, 0) is 0 Å². The molecule has 0 saturated heterocycles. The second-order valence-corrected chi connectivity index (χ2v) is 11.0. The van der Waals surface area contributed by atoms with Gasteiger partial charge >= 0.3 is 0 Å². The van der Waals surface area contributed by atoms with Gasteiger partial charge in [0.05, 0.1) is 0 Å². The summed E-state index contributed by atoms with van der Waals surface area (Å²) in [4.78, 5) is 0. The van der Waals surface area contributed by atoms with Crippen molar-refractivity contribution in [3.63, 3.8) is 0 Å². The highest BCUT2D eigenvalue weighted by molar-refractivity contribution is 6.23. The van der Waals surface area contributed by atoms with Crippen molar-refractivity contribution in [1.82, 2.24) is 0 Å². The summed E-state index contributed by atoms with van der Waals surface area (Å²) in [6.07, 6.45) is 4.39. The molecule has 188 valence electrons. The molecule has 0 aliphatic heterocycles. The first-order valence-electron chi connectivity index (χ1n) is 14.0. The zero-order valence-electron chi connectivity index (χ0n) is 22.4. The van der Waals surface area contributed by atoms with E-state index < -0.39 is 0 Å². The van der Waals surface area contributed by atoms with Crippen molar-refractivity contribution in [2.75, 3.05) is 0 Å². The van der Waals surface area contributed by atoms with Crippen molar-refractivity contribution >= 4 is 66.9 Å². The van der Waals surface area contributed by atoms with Crippen LogP contribution in [0.1, 0.15) is 18.4 Å². The van der Waals surface area contributed by atoms with Crippen LogP contribution in [0.25, 0.3) is 78.0 Å². The highest BCUT2D eigenvalue weighted by Crippen LogP contribution is 2.42. The number of fused-ring (bicyclic) bond motifs is 3. The Balaban J connectivity index is 1.47. The zero-order chi connectivity index (χ0) is 26.8. The predicted octanol–water partition coefficient (Wildman–Crippen LogP) is 8.53. The summed E-state index contributed by atoms with van der Waals surface area (Å²) >= 11 is 0. The van der Waals surface area contributed by atoms with Gasteiger partial charge < -0.3 is 0 Å². The van der Waals surface area contributed by atoms with E-state index >= 15 is 0 Å². The van der Waals surface area contributed by atoms with Gasteiger partial charge in [-0.3, -0.25) is 0 Å². The largest absolute Gasteiger partial charge is 0.0911 e. The lowest BCUT2D eigenvalue weighted by molar-refractivity contribution is 1.09. The van der Waals surface area contributed by atoms with Crippen LogP contribution in [0.5, 0.6) is 0 Å². The second-order valence-electron chi connectivity index (χ2n) is 11.0. The zero-order valence-corrected chi connectivity index (χ0v) is 22.4. The van der Waals surface area contributed by atoms with Gasteiger partial charge in [-0.05, 0) is 105 Å². The van der Waals surface area contributed by atoms with Crippen LogP contribution >= 0.6 is 0 Å². The molecular formula is C40H28. The van der Waals surface area contributed by atoms with Crippen LogP contribution in [0.2, 0.25) is 0 Å². The molecule has 7 aromatic rings. The standard InChI is InChI=1S/C40H28/c1-25-18-21-36-37(40-34-15-7-4-11-29(34)24-30-12-5-8-16-35(30)40)23-20-28-19-22-32(38(25)39(28)36)26(2)31-17-9-13-27-10-3-6-14-33(27)31/h3-8,10-16,18-24H,1-2,9,17H2. The Kier molecular flexibility index (Phi) is 5.06. The summed E-state index contributed by atoms with van der Waals surface area (Å²) in [6.45, 7) is 9.23. The van der Waals surface area contributed by atoms with E-state index in [4.69, 9.17) is 6.58 Å². The average Bonchev–Trinajstić information content (AvgIpc) is 3.01. The highest BCUT2D eigenvalue weighted by atomic mass is 14.2. The number of hydrogen-bond acceptors (Lipinski definition) is 0. The fourth-order valence-corrected chi connectivity index (χ4v) is 6.93. The maximum atomic E-state index is 4.70. The van der Waals surface area contributed by atoms with Crippen LogP contribution in [0.4, 0.5) is 0 Å². The lowest BCUT2D eigenvalue weighted by atomic mass is 9.84. The fraction of sp³-hybridized carbons (Fsp3) is 0.0500. The first-order chi connectivity index (χ1) is 19.7. The smallest absolute Gasteiger partial charge is 0.00206 e.